The summed E-state index contributed by atoms with van der Waals surface area (Å²) in [5, 5.41) is 8.85. The van der Waals surface area contributed by atoms with Crippen LogP contribution in [0.4, 0.5) is 15.8 Å². The van der Waals surface area contributed by atoms with E-state index in [2.05, 4.69) is 4.98 Å². The standard InChI is InChI=1S/C14H10FN3/c15-11-2-1-10-4-6-18(14(10)7-11)13-3-5-17-12(8-13)9-16/h1-3,5,7-8H,4,6H2. The predicted molar refractivity (Wildman–Crippen MR) is 66.1 cm³/mol. The maximum Gasteiger partial charge on any atom is 0.142 e. The Morgan fingerprint density at radius 1 is 1.28 bits per heavy atom. The normalized spacial score (nSPS) is 13.2. The van der Waals surface area contributed by atoms with Crippen molar-refractivity contribution < 1.29 is 4.39 Å². The fourth-order valence-electron chi connectivity index (χ4n) is 2.27. The van der Waals surface area contributed by atoms with Crippen LogP contribution in [0.15, 0.2) is 36.5 Å². The van der Waals surface area contributed by atoms with Crippen molar-refractivity contribution in [3.8, 4) is 6.07 Å². The molecule has 1 aliphatic rings. The zero-order valence-electron chi connectivity index (χ0n) is 9.60. The molecular weight excluding hydrogens is 229 g/mol. The van der Waals surface area contributed by atoms with Crippen LogP contribution >= 0.6 is 0 Å². The molecule has 1 aliphatic heterocycles. The first-order valence-corrected chi connectivity index (χ1v) is 5.70. The number of fused-ring (bicyclic) bond motifs is 1. The van der Waals surface area contributed by atoms with Gasteiger partial charge in [0.15, 0.2) is 0 Å². The van der Waals surface area contributed by atoms with Crippen LogP contribution < -0.4 is 4.90 Å². The largest absolute Gasteiger partial charge is 0.341 e. The Bertz CT molecular complexity index is 646. The molecule has 0 bridgehead atoms. The average Bonchev–Trinajstić information content (AvgIpc) is 2.81. The molecule has 0 unspecified atom stereocenters. The second-order valence-electron chi connectivity index (χ2n) is 4.19. The SMILES string of the molecule is N#Cc1cc(N2CCc3ccc(F)cc32)ccn1. The van der Waals surface area contributed by atoms with Crippen LogP contribution in [0, 0.1) is 17.1 Å². The molecule has 0 aliphatic carbocycles. The van der Waals surface area contributed by atoms with E-state index in [4.69, 9.17) is 5.26 Å². The molecule has 0 spiro atoms. The van der Waals surface area contributed by atoms with Gasteiger partial charge in [0.2, 0.25) is 0 Å². The summed E-state index contributed by atoms with van der Waals surface area (Å²) in [5.74, 6) is -0.241. The Hall–Kier alpha value is -2.41. The molecule has 3 nitrogen and oxygen atoms in total. The lowest BCUT2D eigenvalue weighted by Crippen LogP contribution is -2.13. The lowest BCUT2D eigenvalue weighted by Gasteiger charge is -2.19. The van der Waals surface area contributed by atoms with Crippen molar-refractivity contribution in [1.82, 2.24) is 4.98 Å². The molecule has 0 saturated carbocycles. The molecule has 0 N–H and O–H groups in total. The molecule has 1 aromatic heterocycles. The van der Waals surface area contributed by atoms with Crippen molar-refractivity contribution in [2.75, 3.05) is 11.4 Å². The molecule has 0 fully saturated rings. The first kappa shape index (κ1) is 10.7. The summed E-state index contributed by atoms with van der Waals surface area (Å²) in [5.41, 5.74) is 3.26. The van der Waals surface area contributed by atoms with Gasteiger partial charge in [0.25, 0.3) is 0 Å². The average molecular weight is 239 g/mol. The molecule has 3 rings (SSSR count). The number of hydrogen-bond acceptors (Lipinski definition) is 3. The van der Waals surface area contributed by atoms with Crippen molar-refractivity contribution in [3.05, 3.63) is 53.6 Å². The monoisotopic (exact) mass is 239 g/mol. The van der Waals surface area contributed by atoms with Crippen LogP contribution in [0.2, 0.25) is 0 Å². The Morgan fingerprint density at radius 2 is 2.17 bits per heavy atom. The molecule has 1 aromatic carbocycles. The fraction of sp³-hybridized carbons (Fsp3) is 0.143. The van der Waals surface area contributed by atoms with Crippen LogP contribution in [0.25, 0.3) is 0 Å². The summed E-state index contributed by atoms with van der Waals surface area (Å²) in [6.45, 7) is 0.799. The van der Waals surface area contributed by atoms with E-state index in [1.54, 1.807) is 12.3 Å². The highest BCUT2D eigenvalue weighted by molar-refractivity contribution is 5.70. The van der Waals surface area contributed by atoms with Crippen LogP contribution in [0.1, 0.15) is 11.3 Å². The first-order chi connectivity index (χ1) is 8.78. The third-order valence-electron chi connectivity index (χ3n) is 3.11. The summed E-state index contributed by atoms with van der Waals surface area (Å²) in [6, 6.07) is 10.4. The highest BCUT2D eigenvalue weighted by Crippen LogP contribution is 2.34. The minimum Gasteiger partial charge on any atom is -0.341 e. The molecule has 4 heteroatoms. The smallest absolute Gasteiger partial charge is 0.142 e. The van der Waals surface area contributed by atoms with E-state index in [0.717, 1.165) is 29.9 Å². The van der Waals surface area contributed by atoms with Crippen molar-refractivity contribution in [2.45, 2.75) is 6.42 Å². The quantitative estimate of drug-likeness (QED) is 0.768. The van der Waals surface area contributed by atoms with E-state index in [1.807, 2.05) is 23.1 Å². The Morgan fingerprint density at radius 3 is 3.00 bits per heavy atom. The number of hydrogen-bond donors (Lipinski definition) is 0. The van der Waals surface area contributed by atoms with Crippen molar-refractivity contribution in [2.24, 2.45) is 0 Å². The van der Waals surface area contributed by atoms with Crippen molar-refractivity contribution in [1.29, 1.82) is 5.26 Å². The molecule has 0 radical (unpaired) electrons. The van der Waals surface area contributed by atoms with E-state index in [9.17, 15) is 4.39 Å². The van der Waals surface area contributed by atoms with Crippen LogP contribution in [-0.4, -0.2) is 11.5 Å². The molecule has 0 amide bonds. The Kier molecular flexibility index (Phi) is 2.45. The number of nitriles is 1. The maximum atomic E-state index is 13.3. The van der Waals surface area contributed by atoms with Gasteiger partial charge >= 0.3 is 0 Å². The van der Waals surface area contributed by atoms with E-state index < -0.39 is 0 Å². The van der Waals surface area contributed by atoms with Gasteiger partial charge in [0, 0.05) is 24.1 Å². The summed E-state index contributed by atoms with van der Waals surface area (Å²) in [4.78, 5) is 5.96. The van der Waals surface area contributed by atoms with Crippen molar-refractivity contribution >= 4 is 11.4 Å². The van der Waals surface area contributed by atoms with Gasteiger partial charge in [-0.1, -0.05) is 6.07 Å². The van der Waals surface area contributed by atoms with Crippen molar-refractivity contribution in [3.63, 3.8) is 0 Å². The van der Waals surface area contributed by atoms with Gasteiger partial charge in [-0.15, -0.1) is 0 Å². The topological polar surface area (TPSA) is 39.9 Å². The van der Waals surface area contributed by atoms with Gasteiger partial charge in [-0.2, -0.15) is 5.26 Å². The third-order valence-corrected chi connectivity index (χ3v) is 3.11. The number of rotatable bonds is 1. The summed E-state index contributed by atoms with van der Waals surface area (Å²) >= 11 is 0. The fourth-order valence-corrected chi connectivity index (χ4v) is 2.27. The van der Waals surface area contributed by atoms with Gasteiger partial charge in [0.1, 0.15) is 17.6 Å². The Balaban J connectivity index is 2.06. The van der Waals surface area contributed by atoms with Gasteiger partial charge in [-0.05, 0) is 36.2 Å². The second kappa shape index (κ2) is 4.11. The molecule has 0 saturated heterocycles. The molecule has 2 heterocycles. The summed E-state index contributed by atoms with van der Waals surface area (Å²) < 4.78 is 13.3. The molecule has 0 atom stereocenters. The summed E-state index contributed by atoms with van der Waals surface area (Å²) in [7, 11) is 0. The molecule has 18 heavy (non-hydrogen) atoms. The van der Waals surface area contributed by atoms with Gasteiger partial charge in [-0.3, -0.25) is 0 Å². The minimum atomic E-state index is -0.241. The molecule has 2 aromatic rings. The lowest BCUT2D eigenvalue weighted by molar-refractivity contribution is 0.628. The van der Waals surface area contributed by atoms with Crippen LogP contribution in [0.3, 0.4) is 0 Å². The van der Waals surface area contributed by atoms with Crippen LogP contribution in [0.5, 0.6) is 0 Å². The second-order valence-corrected chi connectivity index (χ2v) is 4.19. The first-order valence-electron chi connectivity index (χ1n) is 5.70. The van der Waals surface area contributed by atoms with E-state index in [-0.39, 0.29) is 5.82 Å². The lowest BCUT2D eigenvalue weighted by atomic mass is 10.1. The zero-order chi connectivity index (χ0) is 12.5. The number of halogens is 1. The summed E-state index contributed by atoms with van der Waals surface area (Å²) in [6.07, 6.45) is 2.49. The zero-order valence-corrected chi connectivity index (χ0v) is 9.60. The third kappa shape index (κ3) is 1.70. The molecule has 88 valence electrons. The van der Waals surface area contributed by atoms with E-state index in [1.165, 1.54) is 12.1 Å². The number of nitrogens with zero attached hydrogens (tertiary/aromatic N) is 3. The number of anilines is 2. The van der Waals surface area contributed by atoms with Gasteiger partial charge < -0.3 is 4.90 Å². The minimum absolute atomic E-state index is 0.241. The van der Waals surface area contributed by atoms with E-state index in [0.29, 0.717) is 5.69 Å². The van der Waals surface area contributed by atoms with Crippen LogP contribution in [-0.2, 0) is 6.42 Å². The number of pyridine rings is 1. The Labute approximate surface area is 104 Å². The van der Waals surface area contributed by atoms with Gasteiger partial charge in [0.05, 0.1) is 0 Å². The molecular formula is C14H10FN3. The van der Waals surface area contributed by atoms with Gasteiger partial charge in [-0.25, -0.2) is 9.37 Å². The number of benzene rings is 1. The predicted octanol–water partition coefficient (Wildman–Crippen LogP) is 2.79. The maximum absolute atomic E-state index is 13.3. The number of aromatic nitrogens is 1. The van der Waals surface area contributed by atoms with E-state index >= 15 is 0 Å². The highest BCUT2D eigenvalue weighted by Gasteiger charge is 2.21. The highest BCUT2D eigenvalue weighted by atomic mass is 19.1.